The predicted molar refractivity (Wildman–Crippen MR) is 161 cm³/mol. The van der Waals surface area contributed by atoms with Gasteiger partial charge in [0.1, 0.15) is 27.6 Å². The average Bonchev–Trinajstić information content (AvgIpc) is 3.20. The molecule has 1 amide bonds. The number of piperazine rings is 1. The first-order chi connectivity index (χ1) is 18.8. The summed E-state index contributed by atoms with van der Waals surface area (Å²) in [7, 11) is 0. The molecule has 0 atom stereocenters. The van der Waals surface area contributed by atoms with E-state index in [4.69, 9.17) is 12.2 Å². The summed E-state index contributed by atoms with van der Waals surface area (Å²) in [5, 5.41) is 9.83. The number of aromatic nitrogens is 1. The molecule has 0 saturated carbocycles. The molecule has 4 rings (SSSR count). The number of amides is 1. The van der Waals surface area contributed by atoms with Gasteiger partial charge in [-0.2, -0.15) is 5.26 Å². The molecule has 2 fully saturated rings. The highest BCUT2D eigenvalue weighted by atomic mass is 32.2. The molecule has 2 aliphatic heterocycles. The third-order valence-corrected chi connectivity index (χ3v) is 8.70. The Bertz CT molecular complexity index is 1390. The number of anilines is 2. The number of carbonyl (C=O) groups excluding carboxylic acids is 1. The SMILES string of the molecule is CCCCCCN1C(=O)C(=Cc2c(C)c(C#N)c(=O)n(CC)c2N2CCN(c3ccccc3F)CC2)SC1=S. The van der Waals surface area contributed by atoms with Crippen molar-refractivity contribution in [3.63, 3.8) is 0 Å². The number of unbranched alkanes of at least 4 members (excludes halogenated alkanes) is 3. The molecule has 0 spiro atoms. The van der Waals surface area contributed by atoms with Crippen molar-refractivity contribution in [3.05, 3.63) is 62.0 Å². The third kappa shape index (κ3) is 5.89. The van der Waals surface area contributed by atoms with E-state index >= 15 is 0 Å². The number of nitriles is 1. The van der Waals surface area contributed by atoms with Crippen LogP contribution in [-0.2, 0) is 11.3 Å². The fourth-order valence-corrected chi connectivity index (χ4v) is 6.46. The highest BCUT2D eigenvalue weighted by molar-refractivity contribution is 8.26. The van der Waals surface area contributed by atoms with Crippen LogP contribution in [0, 0.1) is 24.1 Å². The number of rotatable bonds is 9. The number of hydrogen-bond acceptors (Lipinski definition) is 7. The lowest BCUT2D eigenvalue weighted by atomic mass is 10.0. The molecule has 1 aromatic heterocycles. The molecule has 7 nitrogen and oxygen atoms in total. The minimum Gasteiger partial charge on any atom is -0.366 e. The van der Waals surface area contributed by atoms with Crippen molar-refractivity contribution in [1.82, 2.24) is 9.47 Å². The first-order valence-corrected chi connectivity index (χ1v) is 14.7. The van der Waals surface area contributed by atoms with Gasteiger partial charge in [-0.05, 0) is 44.0 Å². The number of hydrogen-bond donors (Lipinski definition) is 0. The van der Waals surface area contributed by atoms with E-state index in [-0.39, 0.29) is 22.8 Å². The van der Waals surface area contributed by atoms with Crippen molar-refractivity contribution in [2.24, 2.45) is 0 Å². The van der Waals surface area contributed by atoms with Gasteiger partial charge in [0.2, 0.25) is 0 Å². The Kier molecular flexibility index (Phi) is 9.46. The second-order valence-electron chi connectivity index (χ2n) is 9.72. The van der Waals surface area contributed by atoms with E-state index in [1.807, 2.05) is 17.9 Å². The molecule has 0 unspecified atom stereocenters. The third-order valence-electron chi connectivity index (χ3n) is 7.32. The van der Waals surface area contributed by atoms with Gasteiger partial charge in [0.25, 0.3) is 11.5 Å². The smallest absolute Gasteiger partial charge is 0.270 e. The number of nitrogens with zero attached hydrogens (tertiary/aromatic N) is 5. The van der Waals surface area contributed by atoms with Gasteiger partial charge in [0.15, 0.2) is 0 Å². The van der Waals surface area contributed by atoms with E-state index < -0.39 is 0 Å². The summed E-state index contributed by atoms with van der Waals surface area (Å²) < 4.78 is 16.6. The van der Waals surface area contributed by atoms with E-state index in [2.05, 4.69) is 17.9 Å². The summed E-state index contributed by atoms with van der Waals surface area (Å²) in [5.74, 6) is 0.285. The Morgan fingerprint density at radius 3 is 2.41 bits per heavy atom. The molecule has 2 saturated heterocycles. The van der Waals surface area contributed by atoms with Crippen LogP contribution in [0.2, 0.25) is 0 Å². The van der Waals surface area contributed by atoms with Gasteiger partial charge >= 0.3 is 0 Å². The van der Waals surface area contributed by atoms with Crippen LogP contribution in [0.3, 0.4) is 0 Å². The number of halogens is 1. The van der Waals surface area contributed by atoms with Crippen molar-refractivity contribution in [3.8, 4) is 6.07 Å². The van der Waals surface area contributed by atoms with Gasteiger partial charge in [-0.3, -0.25) is 19.1 Å². The van der Waals surface area contributed by atoms with Crippen LogP contribution < -0.4 is 15.4 Å². The first kappa shape index (κ1) is 28.8. The Morgan fingerprint density at radius 2 is 1.77 bits per heavy atom. The second-order valence-corrected chi connectivity index (χ2v) is 11.4. The average molecular weight is 568 g/mol. The molecule has 2 aliphatic rings. The van der Waals surface area contributed by atoms with Crippen LogP contribution in [0.4, 0.5) is 15.9 Å². The number of benzene rings is 1. The minimum absolute atomic E-state index is 0.0758. The number of para-hydroxylation sites is 1. The quantitative estimate of drug-likeness (QED) is 0.231. The molecular formula is C29H34FN5O2S2. The zero-order valence-electron chi connectivity index (χ0n) is 22.7. The van der Waals surface area contributed by atoms with Gasteiger partial charge in [-0.15, -0.1) is 0 Å². The maximum absolute atomic E-state index is 14.4. The van der Waals surface area contributed by atoms with Gasteiger partial charge < -0.3 is 9.80 Å². The molecule has 3 heterocycles. The highest BCUT2D eigenvalue weighted by Crippen LogP contribution is 2.36. The fraction of sp³-hybridized carbons (Fsp3) is 0.448. The summed E-state index contributed by atoms with van der Waals surface area (Å²) in [5.41, 5.74) is 1.52. The van der Waals surface area contributed by atoms with E-state index in [0.29, 0.717) is 71.1 Å². The number of thioether (sulfide) groups is 1. The van der Waals surface area contributed by atoms with E-state index in [0.717, 1.165) is 25.7 Å². The monoisotopic (exact) mass is 567 g/mol. The van der Waals surface area contributed by atoms with E-state index in [1.54, 1.807) is 34.6 Å². The van der Waals surface area contributed by atoms with Crippen LogP contribution in [0.1, 0.15) is 56.2 Å². The molecule has 0 bridgehead atoms. The van der Waals surface area contributed by atoms with Crippen molar-refractivity contribution in [2.45, 2.75) is 53.0 Å². The van der Waals surface area contributed by atoms with Crippen LogP contribution >= 0.6 is 24.0 Å². The van der Waals surface area contributed by atoms with Gasteiger partial charge in [0.05, 0.1) is 10.6 Å². The maximum Gasteiger partial charge on any atom is 0.270 e. The Labute approximate surface area is 238 Å². The summed E-state index contributed by atoms with van der Waals surface area (Å²) in [4.78, 5) is 32.9. The number of thiocarbonyl (C=S) groups is 1. The fourth-order valence-electron chi connectivity index (χ4n) is 5.17. The lowest BCUT2D eigenvalue weighted by Gasteiger charge is -2.39. The molecule has 10 heteroatoms. The van der Waals surface area contributed by atoms with Crippen LogP contribution in [0.25, 0.3) is 6.08 Å². The normalized spacial score (nSPS) is 16.9. The van der Waals surface area contributed by atoms with E-state index in [1.165, 1.54) is 17.8 Å². The number of pyridine rings is 1. The van der Waals surface area contributed by atoms with Crippen molar-refractivity contribution in [2.75, 3.05) is 42.5 Å². The van der Waals surface area contributed by atoms with Crippen molar-refractivity contribution < 1.29 is 9.18 Å². The Morgan fingerprint density at radius 1 is 1.08 bits per heavy atom. The molecule has 2 aromatic rings. The summed E-state index contributed by atoms with van der Waals surface area (Å²) in [6.45, 7) is 8.98. The van der Waals surface area contributed by atoms with Crippen molar-refractivity contribution in [1.29, 1.82) is 5.26 Å². The van der Waals surface area contributed by atoms with Crippen LogP contribution in [0.5, 0.6) is 0 Å². The highest BCUT2D eigenvalue weighted by Gasteiger charge is 2.33. The molecule has 0 aliphatic carbocycles. The lowest BCUT2D eigenvalue weighted by Crippen LogP contribution is -2.49. The molecule has 39 heavy (non-hydrogen) atoms. The Hall–Kier alpha value is -3.16. The standard InChI is InChI=1S/C29H34FN5O2S2/c1-4-6-7-10-13-35-28(37)25(39-29(35)38)18-21-20(3)22(19-31)27(36)34(5-2)26(21)33-16-14-32(15-17-33)24-12-9-8-11-23(24)30/h8-9,11-12,18H,4-7,10,13-17H2,1-3H3. The van der Waals surface area contributed by atoms with Gasteiger partial charge in [-0.25, -0.2) is 4.39 Å². The van der Waals surface area contributed by atoms with Gasteiger partial charge in [-0.1, -0.05) is 62.3 Å². The molecular weight excluding hydrogens is 533 g/mol. The summed E-state index contributed by atoms with van der Waals surface area (Å²) in [6, 6.07) is 8.80. The van der Waals surface area contributed by atoms with Crippen molar-refractivity contribution >= 4 is 51.8 Å². The topological polar surface area (TPSA) is 72.6 Å². The van der Waals surface area contributed by atoms with E-state index in [9.17, 15) is 19.2 Å². The molecule has 1 aromatic carbocycles. The zero-order chi connectivity index (χ0) is 28.1. The largest absolute Gasteiger partial charge is 0.366 e. The Balaban J connectivity index is 1.70. The van der Waals surface area contributed by atoms with Crippen LogP contribution in [-0.4, -0.2) is 52.4 Å². The predicted octanol–water partition coefficient (Wildman–Crippen LogP) is 5.30. The maximum atomic E-state index is 14.4. The minimum atomic E-state index is -0.343. The number of carbonyl (C=O) groups is 1. The molecule has 206 valence electrons. The van der Waals surface area contributed by atoms with Crippen LogP contribution in [0.15, 0.2) is 34.0 Å². The summed E-state index contributed by atoms with van der Waals surface area (Å²) in [6.07, 6.45) is 5.97. The molecule has 0 N–H and O–H groups in total. The summed E-state index contributed by atoms with van der Waals surface area (Å²) >= 11 is 6.81. The second kappa shape index (κ2) is 12.8. The first-order valence-electron chi connectivity index (χ1n) is 13.5. The zero-order valence-corrected chi connectivity index (χ0v) is 24.3. The lowest BCUT2D eigenvalue weighted by molar-refractivity contribution is -0.122. The van der Waals surface area contributed by atoms with Gasteiger partial charge in [0, 0.05) is 44.8 Å². The molecule has 0 radical (unpaired) electrons.